The molecular weight excluding hydrogens is 379 g/mol. The van der Waals surface area contributed by atoms with Crippen molar-refractivity contribution in [2.45, 2.75) is 39.8 Å². The third-order valence-corrected chi connectivity index (χ3v) is 4.79. The quantitative estimate of drug-likeness (QED) is 0.716. The molecule has 0 saturated heterocycles. The second-order valence-electron chi connectivity index (χ2n) is 7.23. The zero-order valence-corrected chi connectivity index (χ0v) is 17.2. The lowest BCUT2D eigenvalue weighted by Crippen LogP contribution is -2.48. The van der Waals surface area contributed by atoms with Crippen molar-refractivity contribution in [1.29, 1.82) is 0 Å². The SMILES string of the molecule is CC(C)CNC(=O)[C@H](C)N(Cc1ccccc1Cl)C(=O)Cc1ccc(F)cc1. The molecule has 0 bridgehead atoms. The Kier molecular flexibility index (Phi) is 8.00. The van der Waals surface area contributed by atoms with Gasteiger partial charge in [-0.25, -0.2) is 4.39 Å². The van der Waals surface area contributed by atoms with Gasteiger partial charge >= 0.3 is 0 Å². The highest BCUT2D eigenvalue weighted by molar-refractivity contribution is 6.31. The van der Waals surface area contributed by atoms with E-state index in [0.717, 1.165) is 5.56 Å². The predicted octanol–water partition coefficient (Wildman–Crippen LogP) is 4.21. The Morgan fingerprint density at radius 1 is 1.07 bits per heavy atom. The molecule has 2 aromatic carbocycles. The third kappa shape index (κ3) is 6.34. The number of nitrogens with one attached hydrogen (secondary N) is 1. The summed E-state index contributed by atoms with van der Waals surface area (Å²) in [5.74, 6) is -0.486. The molecule has 1 N–H and O–H groups in total. The highest BCUT2D eigenvalue weighted by Crippen LogP contribution is 2.19. The molecule has 2 rings (SSSR count). The Balaban J connectivity index is 2.21. The average Bonchev–Trinajstić information content (AvgIpc) is 2.66. The minimum Gasteiger partial charge on any atom is -0.354 e. The van der Waals surface area contributed by atoms with Crippen LogP contribution in [-0.4, -0.2) is 29.3 Å². The summed E-state index contributed by atoms with van der Waals surface area (Å²) >= 11 is 6.26. The molecule has 0 spiro atoms. The van der Waals surface area contributed by atoms with E-state index in [0.29, 0.717) is 23.0 Å². The van der Waals surface area contributed by atoms with Gasteiger partial charge < -0.3 is 10.2 Å². The summed E-state index contributed by atoms with van der Waals surface area (Å²) in [6, 6.07) is 12.4. The highest BCUT2D eigenvalue weighted by atomic mass is 35.5. The summed E-state index contributed by atoms with van der Waals surface area (Å²) in [5, 5.41) is 3.41. The van der Waals surface area contributed by atoms with Crippen molar-refractivity contribution in [3.8, 4) is 0 Å². The fourth-order valence-corrected chi connectivity index (χ4v) is 2.92. The smallest absolute Gasteiger partial charge is 0.242 e. The van der Waals surface area contributed by atoms with Gasteiger partial charge in [0.05, 0.1) is 6.42 Å². The molecule has 2 amide bonds. The molecule has 2 aromatic rings. The fraction of sp³-hybridized carbons (Fsp3) is 0.364. The van der Waals surface area contributed by atoms with Crippen molar-refractivity contribution in [3.05, 3.63) is 70.5 Å². The van der Waals surface area contributed by atoms with Crippen LogP contribution >= 0.6 is 11.6 Å². The maximum absolute atomic E-state index is 13.1. The third-order valence-electron chi connectivity index (χ3n) is 4.42. The van der Waals surface area contributed by atoms with Crippen LogP contribution in [0.25, 0.3) is 0 Å². The number of halogens is 2. The summed E-state index contributed by atoms with van der Waals surface area (Å²) in [6.07, 6.45) is 0.0759. The lowest BCUT2D eigenvalue weighted by Gasteiger charge is -2.29. The monoisotopic (exact) mass is 404 g/mol. The van der Waals surface area contributed by atoms with Crippen molar-refractivity contribution in [1.82, 2.24) is 10.2 Å². The van der Waals surface area contributed by atoms with E-state index in [1.54, 1.807) is 25.1 Å². The van der Waals surface area contributed by atoms with E-state index in [4.69, 9.17) is 11.6 Å². The first kappa shape index (κ1) is 21.9. The highest BCUT2D eigenvalue weighted by Gasteiger charge is 2.26. The van der Waals surface area contributed by atoms with Gasteiger partial charge in [0.2, 0.25) is 11.8 Å². The average molecular weight is 405 g/mol. The van der Waals surface area contributed by atoms with Gasteiger partial charge in [0, 0.05) is 18.1 Å². The summed E-state index contributed by atoms with van der Waals surface area (Å²) in [5.41, 5.74) is 1.45. The zero-order valence-electron chi connectivity index (χ0n) is 16.4. The molecular formula is C22H26ClFN2O2. The van der Waals surface area contributed by atoms with Crippen molar-refractivity contribution in [2.24, 2.45) is 5.92 Å². The van der Waals surface area contributed by atoms with E-state index in [1.165, 1.54) is 17.0 Å². The van der Waals surface area contributed by atoms with Crippen LogP contribution in [0.4, 0.5) is 4.39 Å². The Morgan fingerprint density at radius 3 is 2.32 bits per heavy atom. The predicted molar refractivity (Wildman–Crippen MR) is 109 cm³/mol. The van der Waals surface area contributed by atoms with E-state index in [-0.39, 0.29) is 30.6 Å². The normalized spacial score (nSPS) is 11.9. The Labute approximate surface area is 170 Å². The van der Waals surface area contributed by atoms with Crippen LogP contribution in [0, 0.1) is 11.7 Å². The Morgan fingerprint density at radius 2 is 1.71 bits per heavy atom. The van der Waals surface area contributed by atoms with Crippen LogP contribution in [0.15, 0.2) is 48.5 Å². The summed E-state index contributed by atoms with van der Waals surface area (Å²) in [6.45, 7) is 6.47. The molecule has 0 aliphatic carbocycles. The van der Waals surface area contributed by atoms with Gasteiger partial charge in [0.15, 0.2) is 0 Å². The van der Waals surface area contributed by atoms with Gasteiger partial charge in [-0.2, -0.15) is 0 Å². The van der Waals surface area contributed by atoms with E-state index in [1.807, 2.05) is 32.0 Å². The number of benzene rings is 2. The minimum atomic E-state index is -0.664. The van der Waals surface area contributed by atoms with Gasteiger partial charge in [0.25, 0.3) is 0 Å². The van der Waals surface area contributed by atoms with Gasteiger partial charge in [0.1, 0.15) is 11.9 Å². The van der Waals surface area contributed by atoms with Crippen LogP contribution in [0.5, 0.6) is 0 Å². The molecule has 4 nitrogen and oxygen atoms in total. The number of nitrogens with zero attached hydrogens (tertiary/aromatic N) is 1. The lowest BCUT2D eigenvalue weighted by molar-refractivity contribution is -0.140. The van der Waals surface area contributed by atoms with Crippen LogP contribution in [0.2, 0.25) is 5.02 Å². The summed E-state index contributed by atoms with van der Waals surface area (Å²) in [7, 11) is 0. The number of rotatable bonds is 8. The van der Waals surface area contributed by atoms with Gasteiger partial charge in [-0.3, -0.25) is 9.59 Å². The van der Waals surface area contributed by atoms with Gasteiger partial charge in [-0.1, -0.05) is 55.8 Å². The number of hydrogen-bond donors (Lipinski definition) is 1. The van der Waals surface area contributed by atoms with Crippen LogP contribution in [0.1, 0.15) is 31.9 Å². The van der Waals surface area contributed by atoms with Crippen LogP contribution in [0.3, 0.4) is 0 Å². The van der Waals surface area contributed by atoms with E-state index in [2.05, 4.69) is 5.32 Å². The van der Waals surface area contributed by atoms with Crippen molar-refractivity contribution in [2.75, 3.05) is 6.54 Å². The molecule has 0 radical (unpaired) electrons. The van der Waals surface area contributed by atoms with Crippen molar-refractivity contribution >= 4 is 23.4 Å². The maximum atomic E-state index is 13.1. The molecule has 28 heavy (non-hydrogen) atoms. The summed E-state index contributed by atoms with van der Waals surface area (Å²) in [4.78, 5) is 27.1. The topological polar surface area (TPSA) is 49.4 Å². The Hall–Kier alpha value is -2.40. The standard InChI is InChI=1S/C22H26ClFN2O2/c1-15(2)13-25-22(28)16(3)26(14-18-6-4-5-7-20(18)23)21(27)12-17-8-10-19(24)11-9-17/h4-11,15-16H,12-14H2,1-3H3,(H,25,28)/t16-/m0/s1. The van der Waals surface area contributed by atoms with E-state index < -0.39 is 6.04 Å². The molecule has 0 fully saturated rings. The molecule has 0 aromatic heterocycles. The van der Waals surface area contributed by atoms with Gasteiger partial charge in [-0.05, 0) is 42.2 Å². The molecule has 150 valence electrons. The van der Waals surface area contributed by atoms with E-state index in [9.17, 15) is 14.0 Å². The fourth-order valence-electron chi connectivity index (χ4n) is 2.72. The largest absolute Gasteiger partial charge is 0.354 e. The first-order valence-electron chi connectivity index (χ1n) is 9.33. The zero-order chi connectivity index (χ0) is 20.7. The van der Waals surface area contributed by atoms with Crippen LogP contribution in [-0.2, 0) is 22.6 Å². The van der Waals surface area contributed by atoms with Crippen LogP contribution < -0.4 is 5.32 Å². The summed E-state index contributed by atoms with van der Waals surface area (Å²) < 4.78 is 13.1. The first-order chi connectivity index (χ1) is 13.3. The molecule has 0 heterocycles. The number of carbonyl (C=O) groups is 2. The first-order valence-corrected chi connectivity index (χ1v) is 9.70. The second kappa shape index (κ2) is 10.2. The second-order valence-corrected chi connectivity index (χ2v) is 7.64. The van der Waals surface area contributed by atoms with Crippen molar-refractivity contribution in [3.63, 3.8) is 0 Å². The molecule has 0 aliphatic rings. The molecule has 0 aliphatic heterocycles. The number of amides is 2. The number of carbonyl (C=O) groups excluding carboxylic acids is 2. The molecule has 0 saturated carbocycles. The molecule has 6 heteroatoms. The van der Waals surface area contributed by atoms with Gasteiger partial charge in [-0.15, -0.1) is 0 Å². The van der Waals surface area contributed by atoms with E-state index >= 15 is 0 Å². The molecule has 1 atom stereocenters. The minimum absolute atomic E-state index is 0.0759. The molecule has 0 unspecified atom stereocenters. The number of hydrogen-bond acceptors (Lipinski definition) is 2. The van der Waals surface area contributed by atoms with Crippen molar-refractivity contribution < 1.29 is 14.0 Å². The Bertz CT molecular complexity index is 808. The maximum Gasteiger partial charge on any atom is 0.242 e. The lowest BCUT2D eigenvalue weighted by atomic mass is 10.1.